The highest BCUT2D eigenvalue weighted by Crippen LogP contribution is 2.32. The van der Waals surface area contributed by atoms with Crippen molar-refractivity contribution in [3.8, 4) is 0 Å². The molecule has 0 amide bonds. The van der Waals surface area contributed by atoms with Gasteiger partial charge in [-0.05, 0) is 44.0 Å². The molecule has 1 aromatic carbocycles. The van der Waals surface area contributed by atoms with Crippen molar-refractivity contribution in [2.24, 2.45) is 0 Å². The van der Waals surface area contributed by atoms with Crippen LogP contribution in [0.25, 0.3) is 10.9 Å². The number of nitrogen functional groups attached to an aromatic ring is 1. The third-order valence-corrected chi connectivity index (χ3v) is 4.14. The maximum Gasteiger partial charge on any atom is 0.0951 e. The maximum absolute atomic E-state index is 6.04. The molecule has 1 aromatic heterocycles. The van der Waals surface area contributed by atoms with Crippen molar-refractivity contribution in [1.82, 2.24) is 4.98 Å². The second kappa shape index (κ2) is 5.08. The number of benzene rings is 1. The summed E-state index contributed by atoms with van der Waals surface area (Å²) in [5.74, 6) is 0. The molecule has 3 heteroatoms. The lowest BCUT2D eigenvalue weighted by atomic mass is 10.1. The lowest BCUT2D eigenvalue weighted by Crippen LogP contribution is -2.32. The molecule has 2 aromatic rings. The predicted octanol–water partition coefficient (Wildman–Crippen LogP) is 3.59. The fraction of sp³-hybridized carbons (Fsp3) is 0.438. The zero-order valence-corrected chi connectivity index (χ0v) is 11.5. The minimum absolute atomic E-state index is 0.592. The number of nitrogens with two attached hydrogens (primary N) is 1. The molecular weight excluding hydrogens is 234 g/mol. The molecule has 0 radical (unpaired) electrons. The van der Waals surface area contributed by atoms with Crippen LogP contribution in [0.15, 0.2) is 30.5 Å². The van der Waals surface area contributed by atoms with E-state index in [2.05, 4.69) is 28.9 Å². The Kier molecular flexibility index (Phi) is 3.28. The fourth-order valence-electron chi connectivity index (χ4n) is 3.06. The molecule has 3 nitrogen and oxygen atoms in total. The molecule has 2 N–H and O–H groups in total. The van der Waals surface area contributed by atoms with Crippen LogP contribution in [0.1, 0.15) is 32.6 Å². The average Bonchev–Trinajstić information content (AvgIpc) is 2.65. The van der Waals surface area contributed by atoms with E-state index in [1.165, 1.54) is 36.8 Å². The Hall–Kier alpha value is -1.77. The van der Waals surface area contributed by atoms with Crippen molar-refractivity contribution < 1.29 is 0 Å². The first-order valence-electron chi connectivity index (χ1n) is 7.17. The second-order valence-electron chi connectivity index (χ2n) is 5.47. The van der Waals surface area contributed by atoms with E-state index >= 15 is 0 Å². The van der Waals surface area contributed by atoms with Crippen molar-refractivity contribution in [3.05, 3.63) is 30.5 Å². The highest BCUT2D eigenvalue weighted by Gasteiger charge is 2.19. The summed E-state index contributed by atoms with van der Waals surface area (Å²) in [7, 11) is 0. The smallest absolute Gasteiger partial charge is 0.0951 e. The molecule has 1 unspecified atom stereocenters. The molecule has 1 saturated heterocycles. The predicted molar refractivity (Wildman–Crippen MR) is 81.4 cm³/mol. The molecule has 100 valence electrons. The highest BCUT2D eigenvalue weighted by atomic mass is 15.2. The van der Waals surface area contributed by atoms with Crippen LogP contribution in [0.5, 0.6) is 0 Å². The highest BCUT2D eigenvalue weighted by molar-refractivity contribution is 5.98. The summed E-state index contributed by atoms with van der Waals surface area (Å²) in [5.41, 5.74) is 9.02. The molecule has 0 saturated carbocycles. The van der Waals surface area contributed by atoms with Crippen LogP contribution in [0.3, 0.4) is 0 Å². The number of rotatable bonds is 1. The first-order valence-corrected chi connectivity index (χ1v) is 7.17. The fourth-order valence-corrected chi connectivity index (χ4v) is 3.06. The van der Waals surface area contributed by atoms with E-state index in [0.29, 0.717) is 6.04 Å². The summed E-state index contributed by atoms with van der Waals surface area (Å²) in [6.07, 6.45) is 7.03. The third-order valence-electron chi connectivity index (χ3n) is 4.14. The van der Waals surface area contributed by atoms with E-state index in [-0.39, 0.29) is 0 Å². The zero-order valence-electron chi connectivity index (χ0n) is 11.5. The number of hydrogen-bond acceptors (Lipinski definition) is 3. The Bertz CT molecular complexity index is 579. The van der Waals surface area contributed by atoms with E-state index in [1.807, 2.05) is 18.3 Å². The van der Waals surface area contributed by atoms with Crippen molar-refractivity contribution in [1.29, 1.82) is 0 Å². The molecule has 1 atom stereocenters. The third kappa shape index (κ3) is 2.25. The first-order chi connectivity index (χ1) is 9.27. The van der Waals surface area contributed by atoms with Gasteiger partial charge in [0.25, 0.3) is 0 Å². The van der Waals surface area contributed by atoms with Crippen LogP contribution < -0.4 is 10.6 Å². The van der Waals surface area contributed by atoms with Crippen LogP contribution in [-0.2, 0) is 0 Å². The Labute approximate surface area is 114 Å². The topological polar surface area (TPSA) is 42.1 Å². The van der Waals surface area contributed by atoms with Crippen LogP contribution in [0.2, 0.25) is 0 Å². The van der Waals surface area contributed by atoms with Crippen molar-refractivity contribution in [2.45, 2.75) is 38.6 Å². The first kappa shape index (κ1) is 12.3. The molecule has 0 aliphatic carbocycles. The van der Waals surface area contributed by atoms with Gasteiger partial charge in [-0.15, -0.1) is 0 Å². The van der Waals surface area contributed by atoms with E-state index in [0.717, 1.165) is 17.7 Å². The summed E-state index contributed by atoms with van der Waals surface area (Å²) >= 11 is 0. The normalized spacial score (nSPS) is 20.5. The quantitative estimate of drug-likeness (QED) is 0.792. The largest absolute Gasteiger partial charge is 0.397 e. The summed E-state index contributed by atoms with van der Waals surface area (Å²) in [6.45, 7) is 3.46. The molecule has 1 fully saturated rings. The molecule has 1 aliphatic rings. The summed E-state index contributed by atoms with van der Waals surface area (Å²) in [5, 5.41) is 1.18. The van der Waals surface area contributed by atoms with Gasteiger partial charge in [-0.2, -0.15) is 0 Å². The van der Waals surface area contributed by atoms with E-state index < -0.39 is 0 Å². The number of aromatic nitrogens is 1. The molecule has 19 heavy (non-hydrogen) atoms. The van der Waals surface area contributed by atoms with Gasteiger partial charge in [-0.1, -0.05) is 12.8 Å². The Morgan fingerprint density at radius 3 is 3.00 bits per heavy atom. The SMILES string of the molecule is CC1CCCCCN1c1ccc(N)c2ncccc12. The van der Waals surface area contributed by atoms with E-state index in [9.17, 15) is 0 Å². The van der Waals surface area contributed by atoms with Gasteiger partial charge in [0.2, 0.25) is 0 Å². The lowest BCUT2D eigenvalue weighted by Gasteiger charge is -2.30. The minimum Gasteiger partial charge on any atom is -0.397 e. The Morgan fingerprint density at radius 2 is 2.11 bits per heavy atom. The lowest BCUT2D eigenvalue weighted by molar-refractivity contribution is 0.617. The van der Waals surface area contributed by atoms with E-state index in [1.54, 1.807) is 0 Å². The monoisotopic (exact) mass is 255 g/mol. The van der Waals surface area contributed by atoms with Crippen molar-refractivity contribution in [3.63, 3.8) is 0 Å². The molecular formula is C16H21N3. The van der Waals surface area contributed by atoms with Gasteiger partial charge in [-0.25, -0.2) is 0 Å². The van der Waals surface area contributed by atoms with Gasteiger partial charge in [0, 0.05) is 29.9 Å². The number of hydrogen-bond donors (Lipinski definition) is 1. The van der Waals surface area contributed by atoms with Gasteiger partial charge in [0.05, 0.1) is 11.2 Å². The average molecular weight is 255 g/mol. The summed E-state index contributed by atoms with van der Waals surface area (Å²) in [6, 6.07) is 8.86. The van der Waals surface area contributed by atoms with Crippen LogP contribution in [0, 0.1) is 0 Å². The zero-order chi connectivity index (χ0) is 13.2. The standard InChI is InChI=1S/C16H21N3/c1-12-6-3-2-4-11-19(12)15-9-8-14(17)16-13(15)7-5-10-18-16/h5,7-10,12H,2-4,6,11,17H2,1H3. The van der Waals surface area contributed by atoms with Gasteiger partial charge < -0.3 is 10.6 Å². The van der Waals surface area contributed by atoms with Crippen LogP contribution in [0.4, 0.5) is 11.4 Å². The maximum atomic E-state index is 6.04. The number of pyridine rings is 1. The van der Waals surface area contributed by atoms with Crippen LogP contribution >= 0.6 is 0 Å². The molecule has 0 bridgehead atoms. The molecule has 2 heterocycles. The number of fused-ring (bicyclic) bond motifs is 1. The van der Waals surface area contributed by atoms with Gasteiger partial charge in [0.1, 0.15) is 0 Å². The summed E-state index contributed by atoms with van der Waals surface area (Å²) in [4.78, 5) is 6.96. The molecule has 3 rings (SSSR count). The van der Waals surface area contributed by atoms with E-state index in [4.69, 9.17) is 5.73 Å². The molecule has 1 aliphatic heterocycles. The Morgan fingerprint density at radius 1 is 1.21 bits per heavy atom. The van der Waals surface area contributed by atoms with Crippen molar-refractivity contribution >= 4 is 22.3 Å². The van der Waals surface area contributed by atoms with Crippen LogP contribution in [-0.4, -0.2) is 17.6 Å². The second-order valence-corrected chi connectivity index (χ2v) is 5.47. The number of anilines is 2. The van der Waals surface area contributed by atoms with Gasteiger partial charge >= 0.3 is 0 Å². The summed E-state index contributed by atoms with van der Waals surface area (Å²) < 4.78 is 0. The van der Waals surface area contributed by atoms with Gasteiger partial charge in [0.15, 0.2) is 0 Å². The molecule has 0 spiro atoms. The van der Waals surface area contributed by atoms with Gasteiger partial charge in [-0.3, -0.25) is 4.98 Å². The minimum atomic E-state index is 0.592. The number of nitrogens with zero attached hydrogens (tertiary/aromatic N) is 2. The Balaban J connectivity index is 2.11. The van der Waals surface area contributed by atoms with Crippen molar-refractivity contribution in [2.75, 3.05) is 17.2 Å².